The minimum atomic E-state index is -0.0516. The summed E-state index contributed by atoms with van der Waals surface area (Å²) >= 11 is 0. The van der Waals surface area contributed by atoms with Crippen LogP contribution in [-0.4, -0.2) is 66.8 Å². The molecule has 138 valence electrons. The zero-order chi connectivity index (χ0) is 18.2. The van der Waals surface area contributed by atoms with E-state index in [1.165, 1.54) is 6.42 Å². The van der Waals surface area contributed by atoms with Crippen LogP contribution in [0.25, 0.3) is 0 Å². The lowest BCUT2D eigenvalue weighted by Crippen LogP contribution is -2.39. The zero-order valence-corrected chi connectivity index (χ0v) is 15.6. The van der Waals surface area contributed by atoms with E-state index in [0.29, 0.717) is 13.1 Å². The summed E-state index contributed by atoms with van der Waals surface area (Å²) in [4.78, 5) is 30.9. The van der Waals surface area contributed by atoms with Crippen molar-refractivity contribution in [2.24, 2.45) is 5.92 Å². The topological polar surface area (TPSA) is 43.9 Å². The molecule has 0 unspecified atom stereocenters. The van der Waals surface area contributed by atoms with Gasteiger partial charge in [-0.15, -0.1) is 0 Å². The van der Waals surface area contributed by atoms with Crippen LogP contribution in [0, 0.1) is 5.92 Å². The molecular formula is C20H31N3O2. The van der Waals surface area contributed by atoms with Gasteiger partial charge in [0.1, 0.15) is 0 Å². The van der Waals surface area contributed by atoms with Gasteiger partial charge in [0.05, 0.1) is 13.1 Å². The predicted molar refractivity (Wildman–Crippen MR) is 101 cm³/mol. The Morgan fingerprint density at radius 3 is 2.60 bits per heavy atom. The summed E-state index contributed by atoms with van der Waals surface area (Å²) < 4.78 is 0. The second kappa shape index (κ2) is 9.56. The predicted octanol–water partition coefficient (Wildman–Crippen LogP) is 3.06. The molecule has 5 heteroatoms. The fourth-order valence-electron chi connectivity index (χ4n) is 3.43. The fourth-order valence-corrected chi connectivity index (χ4v) is 3.43. The third-order valence-electron chi connectivity index (χ3n) is 4.91. The first-order chi connectivity index (χ1) is 12.0. The van der Waals surface area contributed by atoms with Gasteiger partial charge in [0.15, 0.2) is 5.78 Å². The first kappa shape index (κ1) is 19.4. The van der Waals surface area contributed by atoms with Crippen molar-refractivity contribution < 1.29 is 9.59 Å². The third-order valence-corrected chi connectivity index (χ3v) is 4.91. The monoisotopic (exact) mass is 345 g/mol. The number of Topliss-reactive ketones (excluding diaryl/α,β-unsaturated/α-hetero) is 1. The molecule has 0 N–H and O–H groups in total. The third kappa shape index (κ3) is 5.56. The van der Waals surface area contributed by atoms with E-state index in [1.54, 1.807) is 15.9 Å². The Morgan fingerprint density at radius 2 is 1.96 bits per heavy atom. The van der Waals surface area contributed by atoms with E-state index < -0.39 is 0 Å². The number of rotatable bonds is 8. The molecular weight excluding hydrogens is 314 g/mol. The molecule has 0 aromatic carbocycles. The van der Waals surface area contributed by atoms with E-state index >= 15 is 0 Å². The lowest BCUT2D eigenvalue weighted by atomic mass is 9.86. The minimum Gasteiger partial charge on any atom is -0.311 e. The van der Waals surface area contributed by atoms with Crippen LogP contribution in [0.3, 0.4) is 0 Å². The van der Waals surface area contributed by atoms with Crippen molar-refractivity contribution in [2.75, 3.05) is 40.3 Å². The summed E-state index contributed by atoms with van der Waals surface area (Å²) in [5, 5.41) is 0. The van der Waals surface area contributed by atoms with Crippen LogP contribution in [0.15, 0.2) is 36.6 Å². The van der Waals surface area contributed by atoms with E-state index in [-0.39, 0.29) is 24.3 Å². The minimum absolute atomic E-state index is 0.0516. The Bertz CT molecular complexity index is 545. The second-order valence-electron chi connectivity index (χ2n) is 7.17. The smallest absolute Gasteiger partial charge is 0.311 e. The van der Waals surface area contributed by atoms with Gasteiger partial charge < -0.3 is 9.80 Å². The van der Waals surface area contributed by atoms with Crippen LogP contribution in [0.4, 0.5) is 4.79 Å². The maximum absolute atomic E-state index is 12.8. The van der Waals surface area contributed by atoms with Gasteiger partial charge in [0.2, 0.25) is 0 Å². The Labute approximate surface area is 151 Å². The Balaban J connectivity index is 2.04. The molecule has 1 heterocycles. The highest BCUT2D eigenvalue weighted by Crippen LogP contribution is 2.26. The second-order valence-corrected chi connectivity index (χ2v) is 7.17. The van der Waals surface area contributed by atoms with Crippen molar-refractivity contribution in [3.05, 3.63) is 36.6 Å². The first-order valence-corrected chi connectivity index (χ1v) is 9.25. The van der Waals surface area contributed by atoms with E-state index in [2.05, 4.69) is 11.5 Å². The van der Waals surface area contributed by atoms with Crippen LogP contribution in [0.5, 0.6) is 0 Å². The first-order valence-electron chi connectivity index (χ1n) is 9.25. The molecule has 2 fully saturated rings. The highest BCUT2D eigenvalue weighted by Gasteiger charge is 2.34. The summed E-state index contributed by atoms with van der Waals surface area (Å²) in [5.74, 6) is 0.369. The zero-order valence-electron chi connectivity index (χ0n) is 15.6. The van der Waals surface area contributed by atoms with Gasteiger partial charge >= 0.3 is 6.03 Å². The van der Waals surface area contributed by atoms with Gasteiger partial charge in [-0.05, 0) is 33.0 Å². The summed E-state index contributed by atoms with van der Waals surface area (Å²) in [6.45, 7) is 5.84. The van der Waals surface area contributed by atoms with Gasteiger partial charge in [0.25, 0.3) is 0 Å². The molecule has 2 amide bonds. The molecule has 0 bridgehead atoms. The van der Waals surface area contributed by atoms with Gasteiger partial charge in [0, 0.05) is 24.7 Å². The summed E-state index contributed by atoms with van der Waals surface area (Å²) in [6.07, 6.45) is 12.9. The van der Waals surface area contributed by atoms with Crippen molar-refractivity contribution in [1.82, 2.24) is 14.7 Å². The summed E-state index contributed by atoms with van der Waals surface area (Å²) in [5.41, 5.74) is 0.946. The van der Waals surface area contributed by atoms with Crippen LogP contribution in [0.1, 0.15) is 32.1 Å². The normalized spacial score (nSPS) is 21.1. The maximum atomic E-state index is 12.8. The Morgan fingerprint density at radius 1 is 1.24 bits per heavy atom. The molecule has 5 nitrogen and oxygen atoms in total. The largest absolute Gasteiger partial charge is 0.325 e. The molecule has 0 radical (unpaired) electrons. The number of nitrogens with zero attached hydrogens (tertiary/aromatic N) is 3. The quantitative estimate of drug-likeness (QED) is 0.635. The number of hydrogen-bond donors (Lipinski definition) is 0. The standard InChI is InChI=1S/C20H31N3O2/c1-4-5-7-12-18-15-22(20(25)23(18)14-13-21(2)3)16-19(24)17-10-8-6-9-11-17/h4-5,7,12,17H,1,6,8-11,13-16H2,2-3H3/b7-5-,18-12+. The lowest BCUT2D eigenvalue weighted by molar-refractivity contribution is -0.124. The van der Waals surface area contributed by atoms with E-state index in [0.717, 1.165) is 37.9 Å². The van der Waals surface area contributed by atoms with Crippen LogP contribution < -0.4 is 0 Å². The number of allylic oxidation sites excluding steroid dienone is 4. The number of amides is 2. The van der Waals surface area contributed by atoms with Crippen molar-refractivity contribution >= 4 is 11.8 Å². The van der Waals surface area contributed by atoms with Crippen LogP contribution in [0.2, 0.25) is 0 Å². The number of ketones is 1. The van der Waals surface area contributed by atoms with E-state index in [1.807, 2.05) is 32.3 Å². The fraction of sp³-hybridized carbons (Fsp3) is 0.600. The number of likely N-dealkylation sites (N-methyl/N-ethyl adjacent to an activating group) is 1. The molecule has 0 spiro atoms. The van der Waals surface area contributed by atoms with Gasteiger partial charge in [-0.1, -0.05) is 44.1 Å². The van der Waals surface area contributed by atoms with Gasteiger partial charge in [-0.2, -0.15) is 0 Å². The molecule has 2 rings (SSSR count). The highest BCUT2D eigenvalue weighted by atomic mass is 16.2. The molecule has 0 aromatic heterocycles. The molecule has 0 aromatic rings. The molecule has 1 saturated carbocycles. The van der Waals surface area contributed by atoms with Crippen molar-refractivity contribution in [2.45, 2.75) is 32.1 Å². The number of hydrogen-bond acceptors (Lipinski definition) is 3. The highest BCUT2D eigenvalue weighted by molar-refractivity contribution is 5.89. The van der Waals surface area contributed by atoms with Crippen molar-refractivity contribution in [3.63, 3.8) is 0 Å². The van der Waals surface area contributed by atoms with Gasteiger partial charge in [-0.25, -0.2) is 4.79 Å². The average molecular weight is 345 g/mol. The van der Waals surface area contributed by atoms with E-state index in [4.69, 9.17) is 0 Å². The Hall–Kier alpha value is -1.88. The number of urea groups is 1. The van der Waals surface area contributed by atoms with Gasteiger partial charge in [-0.3, -0.25) is 9.69 Å². The van der Waals surface area contributed by atoms with Crippen molar-refractivity contribution in [1.29, 1.82) is 0 Å². The Kier molecular flexibility index (Phi) is 7.44. The molecule has 0 atom stereocenters. The molecule has 25 heavy (non-hydrogen) atoms. The lowest BCUT2D eigenvalue weighted by Gasteiger charge is -2.23. The molecule has 2 aliphatic rings. The SMILES string of the molecule is C=C/C=C\C=C1/CN(CC(=O)C2CCCCC2)C(=O)N1CCN(C)C. The molecule has 1 aliphatic heterocycles. The van der Waals surface area contributed by atoms with Crippen LogP contribution >= 0.6 is 0 Å². The summed E-state index contributed by atoms with van der Waals surface area (Å²) in [6, 6.07) is -0.0516. The maximum Gasteiger partial charge on any atom is 0.325 e. The van der Waals surface area contributed by atoms with E-state index in [9.17, 15) is 9.59 Å². The van der Waals surface area contributed by atoms with Crippen molar-refractivity contribution in [3.8, 4) is 0 Å². The number of carbonyl (C=O) groups excluding carboxylic acids is 2. The number of carbonyl (C=O) groups is 2. The average Bonchev–Trinajstić information content (AvgIpc) is 2.89. The molecule has 1 aliphatic carbocycles. The summed E-state index contributed by atoms with van der Waals surface area (Å²) in [7, 11) is 3.98. The molecule has 1 saturated heterocycles. The van der Waals surface area contributed by atoms with Crippen LogP contribution in [-0.2, 0) is 4.79 Å².